The molecular weight excluding hydrogens is 300 g/mol. The Kier molecular flexibility index (Phi) is 4.73. The Balaban J connectivity index is 1.65. The molecule has 24 heavy (non-hydrogen) atoms. The lowest BCUT2D eigenvalue weighted by Crippen LogP contribution is -2.07. The monoisotopic (exact) mass is 316 g/mol. The normalized spacial score (nSPS) is 10.7. The van der Waals surface area contributed by atoms with E-state index in [1.165, 1.54) is 24.3 Å². The average Bonchev–Trinajstić information content (AvgIpc) is 2.62. The van der Waals surface area contributed by atoms with Crippen LogP contribution in [-0.2, 0) is 0 Å². The van der Waals surface area contributed by atoms with Gasteiger partial charge < -0.3 is 9.84 Å². The summed E-state index contributed by atoms with van der Waals surface area (Å²) in [5, 5.41) is 9.23. The Morgan fingerprint density at radius 1 is 0.750 bits per heavy atom. The molecule has 3 heteroatoms. The van der Waals surface area contributed by atoms with Gasteiger partial charge in [-0.15, -0.1) is 0 Å². The number of phenols is 1. The number of phenolic OH excluding ortho intramolecular Hbond substituents is 1. The van der Waals surface area contributed by atoms with Gasteiger partial charge in [0.25, 0.3) is 0 Å². The lowest BCUT2D eigenvalue weighted by molar-refractivity contribution is 0.0735. The van der Waals surface area contributed by atoms with Gasteiger partial charge in [0.2, 0.25) is 0 Å². The van der Waals surface area contributed by atoms with E-state index >= 15 is 0 Å². The third kappa shape index (κ3) is 4.11. The molecule has 0 aliphatic heterocycles. The molecule has 0 amide bonds. The van der Waals surface area contributed by atoms with Gasteiger partial charge in [-0.1, -0.05) is 54.6 Å². The highest BCUT2D eigenvalue weighted by Gasteiger charge is 2.08. The summed E-state index contributed by atoms with van der Waals surface area (Å²) in [5.74, 6) is 0.133. The summed E-state index contributed by atoms with van der Waals surface area (Å²) in [6.45, 7) is 0. The summed E-state index contributed by atoms with van der Waals surface area (Å²) in [4.78, 5) is 12.0. The van der Waals surface area contributed by atoms with E-state index in [1.54, 1.807) is 12.1 Å². The molecule has 3 rings (SSSR count). The molecule has 3 aromatic carbocycles. The van der Waals surface area contributed by atoms with Crippen molar-refractivity contribution in [1.29, 1.82) is 0 Å². The molecular formula is C21H16O3. The van der Waals surface area contributed by atoms with E-state index in [2.05, 4.69) is 0 Å². The molecule has 0 radical (unpaired) electrons. The smallest absolute Gasteiger partial charge is 0.343 e. The van der Waals surface area contributed by atoms with Gasteiger partial charge in [0.15, 0.2) is 0 Å². The first kappa shape index (κ1) is 15.6. The van der Waals surface area contributed by atoms with Crippen molar-refractivity contribution in [2.75, 3.05) is 0 Å². The highest BCUT2D eigenvalue weighted by Crippen LogP contribution is 2.17. The first-order chi connectivity index (χ1) is 11.7. The standard InChI is InChI=1S/C21H16O3/c22-19-12-10-18(11-13-19)21(23)24-20-14-8-17(9-15-20)7-6-16-4-2-1-3-5-16/h1-15,22H/b7-6+. The van der Waals surface area contributed by atoms with E-state index < -0.39 is 5.97 Å². The average molecular weight is 316 g/mol. The quantitative estimate of drug-likeness (QED) is 0.428. The van der Waals surface area contributed by atoms with E-state index in [4.69, 9.17) is 4.74 Å². The Hall–Kier alpha value is -3.33. The van der Waals surface area contributed by atoms with Crippen LogP contribution < -0.4 is 4.74 Å². The topological polar surface area (TPSA) is 46.5 Å². The number of carbonyl (C=O) groups excluding carboxylic acids is 1. The lowest BCUT2D eigenvalue weighted by atomic mass is 10.1. The maximum absolute atomic E-state index is 12.0. The Morgan fingerprint density at radius 3 is 1.96 bits per heavy atom. The minimum atomic E-state index is -0.456. The summed E-state index contributed by atoms with van der Waals surface area (Å²) in [6, 6.07) is 23.3. The zero-order valence-electron chi connectivity index (χ0n) is 12.9. The second-order valence-electron chi connectivity index (χ2n) is 5.25. The summed E-state index contributed by atoms with van der Waals surface area (Å²) < 4.78 is 5.31. The van der Waals surface area contributed by atoms with Crippen molar-refractivity contribution in [3.05, 3.63) is 95.6 Å². The molecule has 118 valence electrons. The first-order valence-electron chi connectivity index (χ1n) is 7.55. The number of rotatable bonds is 4. The van der Waals surface area contributed by atoms with Crippen molar-refractivity contribution in [3.8, 4) is 11.5 Å². The maximum Gasteiger partial charge on any atom is 0.343 e. The van der Waals surface area contributed by atoms with E-state index in [1.807, 2.05) is 54.6 Å². The number of ether oxygens (including phenoxy) is 1. The van der Waals surface area contributed by atoms with E-state index in [0.717, 1.165) is 11.1 Å². The molecule has 3 nitrogen and oxygen atoms in total. The SMILES string of the molecule is O=C(Oc1ccc(/C=C/c2ccccc2)cc1)c1ccc(O)cc1. The second-order valence-corrected chi connectivity index (χ2v) is 5.25. The van der Waals surface area contributed by atoms with Gasteiger partial charge >= 0.3 is 5.97 Å². The molecule has 0 saturated heterocycles. The van der Waals surface area contributed by atoms with Crippen LogP contribution in [-0.4, -0.2) is 11.1 Å². The zero-order chi connectivity index (χ0) is 16.8. The van der Waals surface area contributed by atoms with Crippen molar-refractivity contribution in [3.63, 3.8) is 0 Å². The molecule has 0 unspecified atom stereocenters. The van der Waals surface area contributed by atoms with Gasteiger partial charge in [-0.05, 0) is 47.5 Å². The van der Waals surface area contributed by atoms with Crippen molar-refractivity contribution in [1.82, 2.24) is 0 Å². The van der Waals surface area contributed by atoms with E-state index in [-0.39, 0.29) is 5.75 Å². The largest absolute Gasteiger partial charge is 0.508 e. The zero-order valence-corrected chi connectivity index (χ0v) is 12.9. The molecule has 0 heterocycles. The predicted molar refractivity (Wildman–Crippen MR) is 94.9 cm³/mol. The number of esters is 1. The fourth-order valence-corrected chi connectivity index (χ4v) is 2.17. The van der Waals surface area contributed by atoms with Crippen LogP contribution in [0.1, 0.15) is 21.5 Å². The van der Waals surface area contributed by atoms with Gasteiger partial charge in [0.05, 0.1) is 5.56 Å². The van der Waals surface area contributed by atoms with Crippen LogP contribution in [0.25, 0.3) is 12.2 Å². The van der Waals surface area contributed by atoms with Crippen LogP contribution in [0, 0.1) is 0 Å². The second kappa shape index (κ2) is 7.29. The third-order valence-corrected chi connectivity index (χ3v) is 3.46. The molecule has 0 saturated carbocycles. The summed E-state index contributed by atoms with van der Waals surface area (Å²) in [6.07, 6.45) is 4.03. The van der Waals surface area contributed by atoms with Crippen molar-refractivity contribution in [2.45, 2.75) is 0 Å². The molecule has 0 atom stereocenters. The summed E-state index contributed by atoms with van der Waals surface area (Å²) in [7, 11) is 0. The number of aromatic hydroxyl groups is 1. The fraction of sp³-hybridized carbons (Fsp3) is 0. The molecule has 0 fully saturated rings. The summed E-state index contributed by atoms with van der Waals surface area (Å²) >= 11 is 0. The van der Waals surface area contributed by atoms with Crippen molar-refractivity contribution >= 4 is 18.1 Å². The third-order valence-electron chi connectivity index (χ3n) is 3.46. The van der Waals surface area contributed by atoms with Gasteiger partial charge in [-0.25, -0.2) is 4.79 Å². The molecule has 1 N–H and O–H groups in total. The predicted octanol–water partition coefficient (Wildman–Crippen LogP) is 4.78. The van der Waals surface area contributed by atoms with Crippen LogP contribution in [0.3, 0.4) is 0 Å². The van der Waals surface area contributed by atoms with E-state index in [9.17, 15) is 9.90 Å². The Labute approximate surface area is 140 Å². The minimum absolute atomic E-state index is 0.112. The van der Waals surface area contributed by atoms with E-state index in [0.29, 0.717) is 11.3 Å². The van der Waals surface area contributed by atoms with Crippen LogP contribution in [0.15, 0.2) is 78.9 Å². The van der Waals surface area contributed by atoms with Gasteiger partial charge in [-0.3, -0.25) is 0 Å². The highest BCUT2D eigenvalue weighted by molar-refractivity contribution is 5.91. The van der Waals surface area contributed by atoms with Gasteiger partial charge in [-0.2, -0.15) is 0 Å². The highest BCUT2D eigenvalue weighted by atomic mass is 16.5. The number of benzene rings is 3. The lowest BCUT2D eigenvalue weighted by Gasteiger charge is -2.05. The molecule has 0 aromatic heterocycles. The van der Waals surface area contributed by atoms with Gasteiger partial charge in [0.1, 0.15) is 11.5 Å². The van der Waals surface area contributed by atoms with Crippen molar-refractivity contribution in [2.24, 2.45) is 0 Å². The fourth-order valence-electron chi connectivity index (χ4n) is 2.17. The number of hydrogen-bond donors (Lipinski definition) is 1. The van der Waals surface area contributed by atoms with Crippen LogP contribution in [0.4, 0.5) is 0 Å². The van der Waals surface area contributed by atoms with Crippen LogP contribution in [0.5, 0.6) is 11.5 Å². The number of hydrogen-bond acceptors (Lipinski definition) is 3. The molecule has 0 spiro atoms. The van der Waals surface area contributed by atoms with Crippen LogP contribution in [0.2, 0.25) is 0 Å². The van der Waals surface area contributed by atoms with Crippen LogP contribution >= 0.6 is 0 Å². The molecule has 0 aliphatic rings. The number of carbonyl (C=O) groups is 1. The molecule has 3 aromatic rings. The first-order valence-corrected chi connectivity index (χ1v) is 7.55. The van der Waals surface area contributed by atoms with Gasteiger partial charge in [0, 0.05) is 0 Å². The Bertz CT molecular complexity index is 833. The Morgan fingerprint density at radius 2 is 1.33 bits per heavy atom. The minimum Gasteiger partial charge on any atom is -0.508 e. The molecule has 0 aliphatic carbocycles. The summed E-state index contributed by atoms with van der Waals surface area (Å²) in [5.41, 5.74) is 2.53. The molecule has 0 bridgehead atoms. The maximum atomic E-state index is 12.0. The van der Waals surface area contributed by atoms with Crippen molar-refractivity contribution < 1.29 is 14.6 Å².